The quantitative estimate of drug-likeness (QED) is 0.728. The number of nitrogens with two attached hydrogens (primary N) is 1. The number of rotatable bonds is 7. The first-order chi connectivity index (χ1) is 7.18. The van der Waals surface area contributed by atoms with Gasteiger partial charge in [-0.05, 0) is 36.3 Å². The van der Waals surface area contributed by atoms with Gasteiger partial charge in [-0.3, -0.25) is 4.68 Å². The molecule has 2 N–H and O–H groups in total. The molecule has 3 nitrogen and oxygen atoms in total. The maximum atomic E-state index is 5.53. The number of anilines is 1. The third kappa shape index (κ3) is 5.72. The fraction of sp³-hybridized carbons (Fsp3) is 0.727. The molecule has 0 aliphatic heterocycles. The Morgan fingerprint density at radius 1 is 1.47 bits per heavy atom. The van der Waals surface area contributed by atoms with Crippen molar-refractivity contribution in [3.63, 3.8) is 0 Å². The van der Waals surface area contributed by atoms with E-state index in [1.165, 1.54) is 24.3 Å². The van der Waals surface area contributed by atoms with Crippen molar-refractivity contribution in [2.45, 2.75) is 33.2 Å². The molecule has 0 atom stereocenters. The lowest BCUT2D eigenvalue weighted by atomic mass is 10.2. The van der Waals surface area contributed by atoms with E-state index in [2.05, 4.69) is 18.9 Å². The lowest BCUT2D eigenvalue weighted by Gasteiger charge is -2.04. The molecule has 4 heteroatoms. The van der Waals surface area contributed by atoms with Crippen LogP contribution in [0.1, 0.15) is 26.7 Å². The Kier molecular flexibility index (Phi) is 5.61. The van der Waals surface area contributed by atoms with E-state index < -0.39 is 0 Å². The van der Waals surface area contributed by atoms with Crippen LogP contribution in [0.5, 0.6) is 0 Å². The van der Waals surface area contributed by atoms with Crippen molar-refractivity contribution in [1.82, 2.24) is 9.78 Å². The van der Waals surface area contributed by atoms with Crippen molar-refractivity contribution in [2.75, 3.05) is 17.2 Å². The van der Waals surface area contributed by atoms with Crippen LogP contribution >= 0.6 is 11.8 Å². The van der Waals surface area contributed by atoms with E-state index in [1.807, 2.05) is 28.7 Å². The van der Waals surface area contributed by atoms with E-state index >= 15 is 0 Å². The number of nitrogen functional groups attached to an aromatic ring is 1. The highest BCUT2D eigenvalue weighted by Gasteiger charge is 1.96. The van der Waals surface area contributed by atoms with Crippen LogP contribution in [0.3, 0.4) is 0 Å². The molecule has 15 heavy (non-hydrogen) atoms. The van der Waals surface area contributed by atoms with E-state index in [4.69, 9.17) is 5.73 Å². The zero-order chi connectivity index (χ0) is 11.1. The first kappa shape index (κ1) is 12.4. The first-order valence-corrected chi connectivity index (χ1v) is 6.70. The molecule has 0 bridgehead atoms. The molecule has 0 aliphatic carbocycles. The third-order valence-corrected chi connectivity index (χ3v) is 3.28. The van der Waals surface area contributed by atoms with Crippen LogP contribution in [0, 0.1) is 5.92 Å². The van der Waals surface area contributed by atoms with Gasteiger partial charge in [-0.15, -0.1) is 0 Å². The second kappa shape index (κ2) is 6.77. The summed E-state index contributed by atoms with van der Waals surface area (Å²) < 4.78 is 1.92. The molecular formula is C11H21N3S. The fourth-order valence-electron chi connectivity index (χ4n) is 1.25. The smallest absolute Gasteiger partial charge is 0.145 e. The van der Waals surface area contributed by atoms with E-state index in [0.717, 1.165) is 12.5 Å². The van der Waals surface area contributed by atoms with Crippen molar-refractivity contribution < 1.29 is 0 Å². The summed E-state index contributed by atoms with van der Waals surface area (Å²) in [5.74, 6) is 3.93. The average molecular weight is 227 g/mol. The van der Waals surface area contributed by atoms with E-state index in [1.54, 1.807) is 0 Å². The molecule has 0 saturated carbocycles. The van der Waals surface area contributed by atoms with Crippen LogP contribution < -0.4 is 5.73 Å². The lowest BCUT2D eigenvalue weighted by molar-refractivity contribution is 0.607. The van der Waals surface area contributed by atoms with Gasteiger partial charge in [0, 0.05) is 12.7 Å². The Labute approximate surface area is 96.4 Å². The summed E-state index contributed by atoms with van der Waals surface area (Å²) >= 11 is 2.04. The summed E-state index contributed by atoms with van der Waals surface area (Å²) in [7, 11) is 0. The number of nitrogens with zero attached hydrogens (tertiary/aromatic N) is 2. The van der Waals surface area contributed by atoms with Crippen LogP contribution in [0.15, 0.2) is 12.3 Å². The van der Waals surface area contributed by atoms with Crippen molar-refractivity contribution in [1.29, 1.82) is 0 Å². The zero-order valence-corrected chi connectivity index (χ0v) is 10.5. The molecule has 0 radical (unpaired) electrons. The zero-order valence-electron chi connectivity index (χ0n) is 9.65. The molecule has 1 heterocycles. The van der Waals surface area contributed by atoms with Gasteiger partial charge < -0.3 is 5.73 Å². The highest BCUT2D eigenvalue weighted by atomic mass is 32.2. The molecule has 86 valence electrons. The van der Waals surface area contributed by atoms with Gasteiger partial charge in [0.1, 0.15) is 5.82 Å². The largest absolute Gasteiger partial charge is 0.382 e. The van der Waals surface area contributed by atoms with Crippen LogP contribution in [-0.2, 0) is 6.54 Å². The Morgan fingerprint density at radius 2 is 2.27 bits per heavy atom. The molecule has 0 aromatic carbocycles. The second-order valence-electron chi connectivity index (χ2n) is 4.15. The van der Waals surface area contributed by atoms with Crippen LogP contribution in [0.4, 0.5) is 5.82 Å². The molecule has 0 amide bonds. The number of thioether (sulfide) groups is 1. The Balaban J connectivity index is 1.98. The van der Waals surface area contributed by atoms with Gasteiger partial charge in [0.25, 0.3) is 0 Å². The average Bonchev–Trinajstić information content (AvgIpc) is 2.57. The molecule has 0 fully saturated rings. The fourth-order valence-corrected chi connectivity index (χ4v) is 2.43. The van der Waals surface area contributed by atoms with Gasteiger partial charge in [-0.1, -0.05) is 13.8 Å². The Bertz CT molecular complexity index is 271. The maximum absolute atomic E-state index is 5.53. The molecular weight excluding hydrogens is 206 g/mol. The van der Waals surface area contributed by atoms with Gasteiger partial charge in [0.15, 0.2) is 0 Å². The minimum Gasteiger partial charge on any atom is -0.382 e. The van der Waals surface area contributed by atoms with Crippen molar-refractivity contribution in [2.24, 2.45) is 5.92 Å². The van der Waals surface area contributed by atoms with E-state index in [9.17, 15) is 0 Å². The third-order valence-electron chi connectivity index (χ3n) is 2.18. The minimum absolute atomic E-state index is 0.613. The van der Waals surface area contributed by atoms with Crippen LogP contribution in [0.25, 0.3) is 0 Å². The SMILES string of the molecule is CC(C)CCSCCCn1ccc(N)n1. The summed E-state index contributed by atoms with van der Waals surface area (Å²) in [4.78, 5) is 0. The summed E-state index contributed by atoms with van der Waals surface area (Å²) in [5.41, 5.74) is 5.53. The standard InChI is InChI=1S/C11H21N3S/c1-10(2)5-9-15-8-3-6-14-7-4-11(12)13-14/h4,7,10H,3,5-6,8-9H2,1-2H3,(H2,12,13). The highest BCUT2D eigenvalue weighted by Crippen LogP contribution is 2.10. The Morgan fingerprint density at radius 3 is 2.87 bits per heavy atom. The van der Waals surface area contributed by atoms with Gasteiger partial charge in [0.2, 0.25) is 0 Å². The number of aromatic nitrogens is 2. The number of aryl methyl sites for hydroxylation is 1. The van der Waals surface area contributed by atoms with Crippen molar-refractivity contribution in [3.05, 3.63) is 12.3 Å². The lowest BCUT2D eigenvalue weighted by Crippen LogP contribution is -2.01. The molecule has 1 rings (SSSR count). The topological polar surface area (TPSA) is 43.8 Å². The number of hydrogen-bond donors (Lipinski definition) is 1. The van der Waals surface area contributed by atoms with Crippen LogP contribution in [-0.4, -0.2) is 21.3 Å². The summed E-state index contributed by atoms with van der Waals surface area (Å²) in [5, 5.41) is 4.14. The van der Waals surface area contributed by atoms with Gasteiger partial charge in [-0.2, -0.15) is 16.9 Å². The summed E-state index contributed by atoms with van der Waals surface area (Å²) in [6.45, 7) is 5.52. The van der Waals surface area contributed by atoms with Gasteiger partial charge in [0.05, 0.1) is 0 Å². The molecule has 1 aromatic heterocycles. The molecule has 0 aliphatic rings. The predicted molar refractivity (Wildman–Crippen MR) is 68.0 cm³/mol. The van der Waals surface area contributed by atoms with E-state index in [0.29, 0.717) is 5.82 Å². The monoisotopic (exact) mass is 227 g/mol. The predicted octanol–water partition coefficient (Wildman–Crippen LogP) is 2.63. The van der Waals surface area contributed by atoms with E-state index in [-0.39, 0.29) is 0 Å². The summed E-state index contributed by atoms with van der Waals surface area (Å²) in [6, 6.07) is 1.84. The van der Waals surface area contributed by atoms with Gasteiger partial charge in [-0.25, -0.2) is 0 Å². The maximum Gasteiger partial charge on any atom is 0.145 e. The molecule has 0 saturated heterocycles. The summed E-state index contributed by atoms with van der Waals surface area (Å²) in [6.07, 6.45) is 4.43. The second-order valence-corrected chi connectivity index (χ2v) is 5.38. The first-order valence-electron chi connectivity index (χ1n) is 5.55. The highest BCUT2D eigenvalue weighted by molar-refractivity contribution is 7.99. The Hall–Kier alpha value is -0.640. The normalized spacial score (nSPS) is 11.1. The molecule has 0 unspecified atom stereocenters. The van der Waals surface area contributed by atoms with Crippen molar-refractivity contribution in [3.8, 4) is 0 Å². The van der Waals surface area contributed by atoms with Crippen LogP contribution in [0.2, 0.25) is 0 Å². The number of hydrogen-bond acceptors (Lipinski definition) is 3. The minimum atomic E-state index is 0.613. The van der Waals surface area contributed by atoms with Crippen molar-refractivity contribution >= 4 is 17.6 Å². The van der Waals surface area contributed by atoms with Gasteiger partial charge >= 0.3 is 0 Å². The molecule has 0 spiro atoms. The molecule has 1 aromatic rings.